The molecule has 2 rings (SSSR count). The summed E-state index contributed by atoms with van der Waals surface area (Å²) in [6.45, 7) is 15.9. The molecule has 0 aliphatic carbocycles. The monoisotopic (exact) mass is 551 g/mol. The smallest absolute Gasteiger partial charge is 0.408 e. The lowest BCUT2D eigenvalue weighted by Gasteiger charge is -2.40. The summed E-state index contributed by atoms with van der Waals surface area (Å²) in [5, 5.41) is 5.91. The Morgan fingerprint density at radius 1 is 0.875 bits per heavy atom. The van der Waals surface area contributed by atoms with E-state index in [4.69, 9.17) is 4.74 Å². The van der Waals surface area contributed by atoms with Crippen molar-refractivity contribution in [3.63, 3.8) is 0 Å². The minimum Gasteiger partial charge on any atom is -0.444 e. The highest BCUT2D eigenvalue weighted by molar-refractivity contribution is 5.92. The van der Waals surface area contributed by atoms with Gasteiger partial charge in [-0.05, 0) is 63.5 Å². The Morgan fingerprint density at radius 2 is 1.45 bits per heavy atom. The molecule has 0 saturated carbocycles. The second-order valence-electron chi connectivity index (χ2n) is 12.1. The van der Waals surface area contributed by atoms with E-state index in [1.165, 1.54) is 0 Å². The highest BCUT2D eigenvalue weighted by Crippen LogP contribution is 2.29. The molecule has 4 atom stereocenters. The number of hydrogen-bond acceptors (Lipinski definition) is 4. The first kappa shape index (κ1) is 32.9. The molecule has 3 amide bonds. The SMILES string of the molecule is CCC(C)C(NC(=O)OC(C)(C)C)C(=O)N(C(C)CCC(C)C)C(C(=O)NCc1ccccc1)c1ccccc1. The first-order valence-corrected chi connectivity index (χ1v) is 14.5. The summed E-state index contributed by atoms with van der Waals surface area (Å²) < 4.78 is 5.51. The zero-order valence-electron chi connectivity index (χ0n) is 25.6. The molecule has 0 saturated heterocycles. The van der Waals surface area contributed by atoms with Gasteiger partial charge in [0, 0.05) is 12.6 Å². The lowest BCUT2D eigenvalue weighted by Crippen LogP contribution is -2.57. The summed E-state index contributed by atoms with van der Waals surface area (Å²) in [5.74, 6) is -0.296. The van der Waals surface area contributed by atoms with Crippen molar-refractivity contribution in [1.82, 2.24) is 15.5 Å². The van der Waals surface area contributed by atoms with Crippen LogP contribution in [0.5, 0.6) is 0 Å². The van der Waals surface area contributed by atoms with E-state index >= 15 is 0 Å². The number of benzene rings is 2. The molecule has 4 unspecified atom stereocenters. The van der Waals surface area contributed by atoms with Crippen molar-refractivity contribution in [2.75, 3.05) is 0 Å². The number of hydrogen-bond donors (Lipinski definition) is 2. The van der Waals surface area contributed by atoms with Crippen LogP contribution in [0.3, 0.4) is 0 Å². The lowest BCUT2D eigenvalue weighted by atomic mass is 9.93. The van der Waals surface area contributed by atoms with E-state index in [0.717, 1.165) is 24.0 Å². The second-order valence-corrected chi connectivity index (χ2v) is 12.1. The first-order valence-electron chi connectivity index (χ1n) is 14.5. The fourth-order valence-corrected chi connectivity index (χ4v) is 4.55. The van der Waals surface area contributed by atoms with Gasteiger partial charge in [-0.25, -0.2) is 4.79 Å². The largest absolute Gasteiger partial charge is 0.444 e. The molecule has 0 aliphatic heterocycles. The molecule has 0 aromatic heterocycles. The third-order valence-electron chi connectivity index (χ3n) is 6.99. The summed E-state index contributed by atoms with van der Waals surface area (Å²) in [6.07, 6.45) is 1.63. The van der Waals surface area contributed by atoms with Gasteiger partial charge in [0.05, 0.1) is 0 Å². The van der Waals surface area contributed by atoms with E-state index in [-0.39, 0.29) is 23.8 Å². The second kappa shape index (κ2) is 15.4. The number of amides is 3. The first-order chi connectivity index (χ1) is 18.8. The molecule has 0 heterocycles. The Balaban J connectivity index is 2.53. The third kappa shape index (κ3) is 10.3. The summed E-state index contributed by atoms with van der Waals surface area (Å²) in [7, 11) is 0. The van der Waals surface area contributed by atoms with Gasteiger partial charge in [-0.2, -0.15) is 0 Å². The van der Waals surface area contributed by atoms with Crippen LogP contribution in [0.25, 0.3) is 0 Å². The average molecular weight is 552 g/mol. The Bertz CT molecular complexity index is 1070. The topological polar surface area (TPSA) is 87.7 Å². The molecule has 0 spiro atoms. The van der Waals surface area contributed by atoms with Crippen LogP contribution in [-0.2, 0) is 20.9 Å². The lowest BCUT2D eigenvalue weighted by molar-refractivity contribution is -0.146. The summed E-state index contributed by atoms with van der Waals surface area (Å²) >= 11 is 0. The van der Waals surface area contributed by atoms with Gasteiger partial charge in [0.25, 0.3) is 0 Å². The summed E-state index contributed by atoms with van der Waals surface area (Å²) in [4.78, 5) is 43.0. The Morgan fingerprint density at radius 3 is 1.98 bits per heavy atom. The van der Waals surface area contributed by atoms with Crippen molar-refractivity contribution in [3.8, 4) is 0 Å². The Kier molecular flexibility index (Phi) is 12.7. The molecule has 0 radical (unpaired) electrons. The third-order valence-corrected chi connectivity index (χ3v) is 6.99. The molecule has 7 nitrogen and oxygen atoms in total. The molecule has 0 fully saturated rings. The molecule has 0 bridgehead atoms. The Hall–Kier alpha value is -3.35. The van der Waals surface area contributed by atoms with E-state index in [1.54, 1.807) is 25.7 Å². The van der Waals surface area contributed by atoms with Crippen LogP contribution in [0, 0.1) is 11.8 Å². The standard InChI is InChI=1S/C33H49N3O4/c1-9-24(4)28(35-32(39)40-33(6,7)8)31(38)36(25(5)21-20-23(2)3)29(27-18-14-11-15-19-27)30(37)34-22-26-16-12-10-13-17-26/h10-19,23-25,28-29H,9,20-22H2,1-8H3,(H,34,37)(H,35,39). The number of alkyl carbamates (subject to hydrolysis) is 1. The van der Waals surface area contributed by atoms with Crippen LogP contribution in [0.4, 0.5) is 4.79 Å². The minimum absolute atomic E-state index is 0.177. The fraction of sp³-hybridized carbons (Fsp3) is 0.545. The quantitative estimate of drug-likeness (QED) is 0.292. The fourth-order valence-electron chi connectivity index (χ4n) is 4.55. The molecule has 220 valence electrons. The molecule has 2 aromatic carbocycles. The van der Waals surface area contributed by atoms with Crippen molar-refractivity contribution in [2.24, 2.45) is 11.8 Å². The van der Waals surface area contributed by atoms with E-state index in [1.807, 2.05) is 81.4 Å². The van der Waals surface area contributed by atoms with Crippen LogP contribution in [0.2, 0.25) is 0 Å². The van der Waals surface area contributed by atoms with Gasteiger partial charge >= 0.3 is 6.09 Å². The number of nitrogens with one attached hydrogen (secondary N) is 2. The van der Waals surface area contributed by atoms with E-state index in [0.29, 0.717) is 18.9 Å². The zero-order chi connectivity index (χ0) is 29.9. The summed E-state index contributed by atoms with van der Waals surface area (Å²) in [6, 6.07) is 17.1. The van der Waals surface area contributed by atoms with Gasteiger partial charge < -0.3 is 20.3 Å². The number of nitrogens with zero attached hydrogens (tertiary/aromatic N) is 1. The van der Waals surface area contributed by atoms with Crippen LogP contribution in [0.1, 0.15) is 91.8 Å². The van der Waals surface area contributed by atoms with Crippen LogP contribution < -0.4 is 10.6 Å². The van der Waals surface area contributed by atoms with Crippen LogP contribution in [0.15, 0.2) is 60.7 Å². The van der Waals surface area contributed by atoms with Gasteiger partial charge in [-0.15, -0.1) is 0 Å². The number of carbonyl (C=O) groups is 3. The maximum atomic E-state index is 14.5. The van der Waals surface area contributed by atoms with Crippen molar-refractivity contribution < 1.29 is 19.1 Å². The van der Waals surface area contributed by atoms with Gasteiger partial charge in [-0.1, -0.05) is 94.8 Å². The van der Waals surface area contributed by atoms with Crippen molar-refractivity contribution >= 4 is 17.9 Å². The Labute approximate surface area is 241 Å². The molecule has 7 heteroatoms. The molecule has 40 heavy (non-hydrogen) atoms. The normalized spacial score (nSPS) is 14.5. The number of rotatable bonds is 13. The predicted octanol–water partition coefficient (Wildman–Crippen LogP) is 6.64. The summed E-state index contributed by atoms with van der Waals surface area (Å²) in [5.41, 5.74) is 0.983. The van der Waals surface area contributed by atoms with Crippen molar-refractivity contribution in [1.29, 1.82) is 0 Å². The molecular weight excluding hydrogens is 502 g/mol. The van der Waals surface area contributed by atoms with Crippen molar-refractivity contribution in [2.45, 2.75) is 105 Å². The predicted molar refractivity (Wildman–Crippen MR) is 160 cm³/mol. The maximum Gasteiger partial charge on any atom is 0.408 e. The zero-order valence-corrected chi connectivity index (χ0v) is 25.6. The van der Waals surface area contributed by atoms with Gasteiger partial charge in [0.15, 0.2) is 0 Å². The molecule has 2 aromatic rings. The highest BCUT2D eigenvalue weighted by Gasteiger charge is 2.40. The van der Waals surface area contributed by atoms with Crippen LogP contribution >= 0.6 is 0 Å². The van der Waals surface area contributed by atoms with Crippen molar-refractivity contribution in [3.05, 3.63) is 71.8 Å². The number of carbonyl (C=O) groups excluding carboxylic acids is 3. The van der Waals surface area contributed by atoms with E-state index in [2.05, 4.69) is 24.5 Å². The molecular formula is C33H49N3O4. The maximum absolute atomic E-state index is 14.5. The minimum atomic E-state index is -0.869. The average Bonchev–Trinajstić information content (AvgIpc) is 2.91. The molecule has 2 N–H and O–H groups in total. The van der Waals surface area contributed by atoms with Gasteiger partial charge in [-0.3, -0.25) is 9.59 Å². The highest BCUT2D eigenvalue weighted by atomic mass is 16.6. The number of ether oxygens (including phenoxy) is 1. The molecule has 0 aliphatic rings. The van der Waals surface area contributed by atoms with E-state index < -0.39 is 23.8 Å². The van der Waals surface area contributed by atoms with Gasteiger partial charge in [0.1, 0.15) is 17.7 Å². The van der Waals surface area contributed by atoms with Gasteiger partial charge in [0.2, 0.25) is 11.8 Å². The van der Waals surface area contributed by atoms with Crippen LogP contribution in [-0.4, -0.2) is 40.5 Å². The van der Waals surface area contributed by atoms with E-state index in [9.17, 15) is 14.4 Å².